The van der Waals surface area contributed by atoms with Crippen molar-refractivity contribution in [2.75, 3.05) is 19.8 Å². The molecule has 1 unspecified atom stereocenters. The van der Waals surface area contributed by atoms with E-state index in [2.05, 4.69) is 130 Å². The van der Waals surface area contributed by atoms with E-state index < -0.39 is 6.10 Å². The highest BCUT2D eigenvalue weighted by Gasteiger charge is 2.17. The zero-order chi connectivity index (χ0) is 49.2. The van der Waals surface area contributed by atoms with Crippen LogP contribution in [-0.4, -0.2) is 37.9 Å². The molecule has 0 heterocycles. The van der Waals surface area contributed by atoms with Gasteiger partial charge >= 0.3 is 11.9 Å². The average Bonchev–Trinajstić information content (AvgIpc) is 3.34. The van der Waals surface area contributed by atoms with Crippen molar-refractivity contribution in [2.24, 2.45) is 0 Å². The smallest absolute Gasteiger partial charge is 0.306 e. The Morgan fingerprint density at radius 1 is 0.338 bits per heavy atom. The standard InChI is InChI=1S/C63H106O5/c1-4-7-10-13-16-19-22-25-28-30-31-32-34-37-40-43-46-49-52-55-58-66-59-61(68-63(65)57-54-51-48-45-42-39-35-27-24-21-18-15-12-9-6-3)60-67-62(64)56-53-50-47-44-41-38-36-33-29-26-23-20-17-14-11-8-5-2/h8,11,16-21,25-29,35-36,38,44,47,61H,4-7,9-10,12-15,22-24,30-34,37,39-43,45-46,48-60H2,1-3H3/b11-8-,19-16-,20-17-,21-18-,28-25-,29-26-,35-27-,38-36-,47-44-. The van der Waals surface area contributed by atoms with Crippen LogP contribution >= 0.6 is 0 Å². The molecular formula is C63H106O5. The molecule has 0 aliphatic heterocycles. The Bertz CT molecular complexity index is 1340. The molecule has 0 spiro atoms. The Morgan fingerprint density at radius 3 is 1.10 bits per heavy atom. The fourth-order valence-corrected chi connectivity index (χ4v) is 7.55. The van der Waals surface area contributed by atoms with Gasteiger partial charge in [-0.25, -0.2) is 0 Å². The monoisotopic (exact) mass is 943 g/mol. The predicted molar refractivity (Wildman–Crippen MR) is 297 cm³/mol. The first-order chi connectivity index (χ1) is 33.6. The molecule has 0 aromatic heterocycles. The van der Waals surface area contributed by atoms with E-state index in [9.17, 15) is 9.59 Å². The third kappa shape index (κ3) is 55.2. The largest absolute Gasteiger partial charge is 0.462 e. The van der Waals surface area contributed by atoms with Gasteiger partial charge in [-0.2, -0.15) is 0 Å². The van der Waals surface area contributed by atoms with Crippen molar-refractivity contribution in [3.63, 3.8) is 0 Å². The summed E-state index contributed by atoms with van der Waals surface area (Å²) in [6.45, 7) is 7.59. The molecule has 0 saturated heterocycles. The van der Waals surface area contributed by atoms with Gasteiger partial charge in [0.25, 0.3) is 0 Å². The van der Waals surface area contributed by atoms with Crippen LogP contribution in [0.25, 0.3) is 0 Å². The maximum absolute atomic E-state index is 12.8. The normalized spacial score (nSPS) is 13.0. The molecule has 0 radical (unpaired) electrons. The van der Waals surface area contributed by atoms with Crippen LogP contribution in [0.1, 0.15) is 252 Å². The van der Waals surface area contributed by atoms with Gasteiger partial charge < -0.3 is 14.2 Å². The molecule has 0 bridgehead atoms. The quantitative estimate of drug-likeness (QED) is 0.0345. The topological polar surface area (TPSA) is 61.8 Å². The minimum Gasteiger partial charge on any atom is -0.462 e. The van der Waals surface area contributed by atoms with Crippen molar-refractivity contribution >= 4 is 11.9 Å². The number of ether oxygens (including phenoxy) is 3. The van der Waals surface area contributed by atoms with E-state index in [1.54, 1.807) is 0 Å². The van der Waals surface area contributed by atoms with E-state index in [1.165, 1.54) is 122 Å². The molecule has 0 N–H and O–H groups in total. The van der Waals surface area contributed by atoms with Gasteiger partial charge in [0.2, 0.25) is 0 Å². The molecule has 0 saturated carbocycles. The highest BCUT2D eigenvalue weighted by atomic mass is 16.6. The summed E-state index contributed by atoms with van der Waals surface area (Å²) in [5.41, 5.74) is 0. The number of unbranched alkanes of at least 4 members (excludes halogenated alkanes) is 22. The number of hydrogen-bond acceptors (Lipinski definition) is 5. The Labute approximate surface area is 421 Å². The van der Waals surface area contributed by atoms with E-state index in [1.807, 2.05) is 0 Å². The molecule has 0 amide bonds. The van der Waals surface area contributed by atoms with Crippen molar-refractivity contribution in [3.05, 3.63) is 109 Å². The minimum absolute atomic E-state index is 0.0436. The van der Waals surface area contributed by atoms with Crippen LogP contribution in [0.4, 0.5) is 0 Å². The van der Waals surface area contributed by atoms with E-state index in [4.69, 9.17) is 14.2 Å². The lowest BCUT2D eigenvalue weighted by Crippen LogP contribution is -2.30. The Morgan fingerprint density at radius 2 is 0.676 bits per heavy atom. The van der Waals surface area contributed by atoms with Crippen LogP contribution in [0.2, 0.25) is 0 Å². The van der Waals surface area contributed by atoms with Gasteiger partial charge in [-0.3, -0.25) is 9.59 Å². The van der Waals surface area contributed by atoms with Gasteiger partial charge in [0.15, 0.2) is 6.10 Å². The average molecular weight is 944 g/mol. The van der Waals surface area contributed by atoms with Gasteiger partial charge in [0.05, 0.1) is 6.61 Å². The lowest BCUT2D eigenvalue weighted by atomic mass is 10.1. The molecule has 0 aromatic carbocycles. The van der Waals surface area contributed by atoms with Gasteiger partial charge in [-0.1, -0.05) is 226 Å². The van der Waals surface area contributed by atoms with E-state index >= 15 is 0 Å². The summed E-state index contributed by atoms with van der Waals surface area (Å²) < 4.78 is 17.4. The van der Waals surface area contributed by atoms with Crippen molar-refractivity contribution < 1.29 is 23.8 Å². The molecule has 0 fully saturated rings. The van der Waals surface area contributed by atoms with Gasteiger partial charge in [-0.15, -0.1) is 0 Å². The summed E-state index contributed by atoms with van der Waals surface area (Å²) in [4.78, 5) is 25.5. The van der Waals surface area contributed by atoms with Gasteiger partial charge in [0, 0.05) is 19.4 Å². The van der Waals surface area contributed by atoms with Crippen molar-refractivity contribution in [1.82, 2.24) is 0 Å². The number of hydrogen-bond donors (Lipinski definition) is 0. The maximum Gasteiger partial charge on any atom is 0.306 e. The predicted octanol–water partition coefficient (Wildman–Crippen LogP) is 19.6. The lowest BCUT2D eigenvalue weighted by Gasteiger charge is -2.18. The molecule has 0 aliphatic rings. The van der Waals surface area contributed by atoms with E-state index in [-0.39, 0.29) is 25.2 Å². The molecule has 0 aliphatic carbocycles. The second kappa shape index (κ2) is 57.9. The summed E-state index contributed by atoms with van der Waals surface area (Å²) in [5, 5.41) is 0. The first-order valence-electron chi connectivity index (χ1n) is 28.4. The van der Waals surface area contributed by atoms with Crippen LogP contribution in [0.3, 0.4) is 0 Å². The summed E-state index contributed by atoms with van der Waals surface area (Å²) in [7, 11) is 0. The highest BCUT2D eigenvalue weighted by Crippen LogP contribution is 2.14. The Hall–Kier alpha value is -3.44. The highest BCUT2D eigenvalue weighted by molar-refractivity contribution is 5.70. The second-order valence-corrected chi connectivity index (χ2v) is 18.4. The number of carbonyl (C=O) groups excluding carboxylic acids is 2. The van der Waals surface area contributed by atoms with Crippen molar-refractivity contribution in [3.8, 4) is 0 Å². The van der Waals surface area contributed by atoms with Crippen molar-refractivity contribution in [2.45, 2.75) is 258 Å². The summed E-state index contributed by atoms with van der Waals surface area (Å²) in [6, 6.07) is 0. The first-order valence-corrected chi connectivity index (χ1v) is 28.4. The van der Waals surface area contributed by atoms with Crippen LogP contribution in [0.15, 0.2) is 109 Å². The Balaban J connectivity index is 4.38. The fraction of sp³-hybridized carbons (Fsp3) is 0.683. The number of carbonyl (C=O) groups is 2. The third-order valence-electron chi connectivity index (χ3n) is 11.8. The molecule has 68 heavy (non-hydrogen) atoms. The molecular weight excluding hydrogens is 837 g/mol. The first kappa shape index (κ1) is 64.6. The van der Waals surface area contributed by atoms with E-state index in [0.29, 0.717) is 19.4 Å². The molecule has 0 rings (SSSR count). The molecule has 5 nitrogen and oxygen atoms in total. The lowest BCUT2D eigenvalue weighted by molar-refractivity contribution is -0.163. The van der Waals surface area contributed by atoms with Crippen LogP contribution < -0.4 is 0 Å². The Kier molecular flexibility index (Phi) is 54.9. The fourth-order valence-electron chi connectivity index (χ4n) is 7.55. The van der Waals surface area contributed by atoms with E-state index in [0.717, 1.165) is 96.3 Å². The SMILES string of the molecule is CC/C=C\C/C=C\C/C=C\C/C=C\C/C=C\CCCC(=O)OCC(COCCCCCCCCCCCC/C=C\C/C=C\CCCCC)OC(=O)CCCCCCC/C=C\C/C=C\CCCCC. The number of esters is 2. The maximum atomic E-state index is 12.8. The zero-order valence-electron chi connectivity index (χ0n) is 44.6. The summed E-state index contributed by atoms with van der Waals surface area (Å²) >= 11 is 0. The zero-order valence-corrected chi connectivity index (χ0v) is 44.6. The third-order valence-corrected chi connectivity index (χ3v) is 11.8. The number of allylic oxidation sites excluding steroid dienone is 18. The summed E-state index contributed by atoms with van der Waals surface area (Å²) in [5.74, 6) is -0.483. The van der Waals surface area contributed by atoms with Crippen molar-refractivity contribution in [1.29, 1.82) is 0 Å². The summed E-state index contributed by atoms with van der Waals surface area (Å²) in [6.07, 6.45) is 79.7. The van der Waals surface area contributed by atoms with Crippen LogP contribution in [0, 0.1) is 0 Å². The minimum atomic E-state index is -0.575. The molecule has 0 aromatic rings. The molecule has 1 atom stereocenters. The van der Waals surface area contributed by atoms with Crippen LogP contribution in [0.5, 0.6) is 0 Å². The molecule has 5 heteroatoms. The number of rotatable bonds is 51. The van der Waals surface area contributed by atoms with Gasteiger partial charge in [0.1, 0.15) is 6.61 Å². The second-order valence-electron chi connectivity index (χ2n) is 18.4. The molecule has 388 valence electrons. The van der Waals surface area contributed by atoms with Crippen LogP contribution in [-0.2, 0) is 23.8 Å². The van der Waals surface area contributed by atoms with Gasteiger partial charge in [-0.05, 0) is 122 Å².